The Labute approximate surface area is 97.0 Å². The van der Waals surface area contributed by atoms with Crippen molar-refractivity contribution in [2.75, 3.05) is 5.75 Å². The number of aromatic nitrogens is 1. The monoisotopic (exact) mass is 235 g/mol. The van der Waals surface area contributed by atoms with Gasteiger partial charge in [-0.2, -0.15) is 4.24 Å². The maximum atomic E-state index is 4.05. The van der Waals surface area contributed by atoms with Crippen LogP contribution in [0.1, 0.15) is 6.92 Å². The molecule has 0 bridgehead atoms. The highest BCUT2D eigenvalue weighted by Crippen LogP contribution is 2.10. The van der Waals surface area contributed by atoms with Crippen LogP contribution in [-0.4, -0.2) is 11.1 Å². The third-order valence-electron chi connectivity index (χ3n) is 2.11. The normalized spacial score (nSPS) is 13.0. The van der Waals surface area contributed by atoms with E-state index in [4.69, 9.17) is 0 Å². The minimum Gasteiger partial charge on any atom is -0.157 e. The van der Waals surface area contributed by atoms with Crippen LogP contribution in [0.5, 0.6) is 0 Å². The zero-order valence-corrected chi connectivity index (χ0v) is 10.3. The fourth-order valence-corrected chi connectivity index (χ4v) is 2.88. The smallest absolute Gasteiger partial charge is 0.157 e. The molecular formula is C12H13NS2+2. The lowest BCUT2D eigenvalue weighted by molar-refractivity contribution is -0.477. The number of nitrogens with zero attached hydrogens (tertiary/aromatic N) is 1. The summed E-state index contributed by atoms with van der Waals surface area (Å²) in [5.41, 5.74) is 1.20. The summed E-state index contributed by atoms with van der Waals surface area (Å²) in [5, 5.41) is 2.13. The van der Waals surface area contributed by atoms with E-state index < -0.39 is 0 Å². The van der Waals surface area contributed by atoms with Gasteiger partial charge in [0, 0.05) is 6.07 Å². The van der Waals surface area contributed by atoms with Gasteiger partial charge in [-0.15, -0.1) is 0 Å². The van der Waals surface area contributed by atoms with Gasteiger partial charge in [0.25, 0.3) is 4.66 Å². The molecule has 0 aliphatic heterocycles. The molecule has 0 N–H and O–H groups in total. The molecule has 0 aliphatic rings. The lowest BCUT2D eigenvalue weighted by Crippen LogP contribution is -2.30. The predicted molar refractivity (Wildman–Crippen MR) is 70.8 cm³/mol. The largest absolute Gasteiger partial charge is 0.272 e. The van der Waals surface area contributed by atoms with Gasteiger partial charge < -0.3 is 0 Å². The highest BCUT2D eigenvalue weighted by atomic mass is 32.1. The second kappa shape index (κ2) is 4.64. The Morgan fingerprint density at radius 1 is 1.47 bits per heavy atom. The summed E-state index contributed by atoms with van der Waals surface area (Å²) in [7, 11) is 0. The molecule has 2 rings (SSSR count). The Hall–Kier alpha value is -1.06. The molecule has 0 atom stereocenters. The second-order valence-electron chi connectivity index (χ2n) is 3.09. The number of hydrogen-bond acceptors (Lipinski definition) is 1. The fraction of sp³-hybridized carbons (Fsp3) is 0.167. The third kappa shape index (κ3) is 2.13. The molecule has 0 fully saturated rings. The van der Waals surface area contributed by atoms with Gasteiger partial charge in [-0.1, -0.05) is 23.5 Å². The van der Waals surface area contributed by atoms with Gasteiger partial charge in [0.05, 0.1) is 6.08 Å². The van der Waals surface area contributed by atoms with Gasteiger partial charge in [-0.05, 0) is 13.0 Å². The van der Waals surface area contributed by atoms with E-state index >= 15 is 0 Å². The summed E-state index contributed by atoms with van der Waals surface area (Å²) in [6.07, 6.45) is 2.13. The maximum Gasteiger partial charge on any atom is 0.272 e. The van der Waals surface area contributed by atoms with E-state index in [0.717, 1.165) is 5.75 Å². The average Bonchev–Trinajstić information content (AvgIpc) is 2.57. The van der Waals surface area contributed by atoms with Crippen LogP contribution in [-0.2, 0) is 11.4 Å². The zero-order valence-electron chi connectivity index (χ0n) is 8.64. The standard InChI is InChI=1S/C12H13NS2/c1-3-14-9-8-12-13(2)10-6-4-5-7-11(10)15-12/h4-9H,2-3H2,1H3/q+2/b12-8+. The first-order chi connectivity index (χ1) is 7.33. The molecule has 15 heavy (non-hydrogen) atoms. The van der Waals surface area contributed by atoms with E-state index in [0.29, 0.717) is 0 Å². The summed E-state index contributed by atoms with van der Waals surface area (Å²) in [6.45, 7) is 6.20. The molecule has 0 spiro atoms. The van der Waals surface area contributed by atoms with Crippen LogP contribution in [0, 0.1) is 6.72 Å². The zero-order chi connectivity index (χ0) is 10.7. The lowest BCUT2D eigenvalue weighted by atomic mass is 10.3. The van der Waals surface area contributed by atoms with E-state index in [1.54, 1.807) is 22.7 Å². The Bertz CT molecular complexity index is 596. The Morgan fingerprint density at radius 2 is 2.27 bits per heavy atom. The van der Waals surface area contributed by atoms with Crippen molar-refractivity contribution in [3.63, 3.8) is 0 Å². The Morgan fingerprint density at radius 3 is 3.00 bits per heavy atom. The molecule has 1 nitrogen and oxygen atoms in total. The summed E-state index contributed by atoms with van der Waals surface area (Å²) in [4.78, 5) is 0. The molecule has 0 saturated heterocycles. The van der Waals surface area contributed by atoms with Gasteiger partial charge in [-0.3, -0.25) is 0 Å². The van der Waals surface area contributed by atoms with Crippen LogP contribution in [0.25, 0.3) is 16.3 Å². The van der Waals surface area contributed by atoms with E-state index in [1.165, 1.54) is 14.9 Å². The Balaban J connectivity index is 2.63. The molecule has 1 heterocycles. The number of fused-ring (bicyclic) bond motifs is 1. The number of benzene rings is 1. The molecule has 0 radical (unpaired) electrons. The van der Waals surface area contributed by atoms with Gasteiger partial charge in [0.2, 0.25) is 5.52 Å². The van der Waals surface area contributed by atoms with E-state index in [9.17, 15) is 0 Å². The van der Waals surface area contributed by atoms with Crippen molar-refractivity contribution in [3.05, 3.63) is 35.6 Å². The first kappa shape index (κ1) is 10.5. The average molecular weight is 235 g/mol. The molecule has 0 saturated carbocycles. The molecule has 1 aromatic carbocycles. The molecule has 3 heteroatoms. The summed E-state index contributed by atoms with van der Waals surface area (Å²) < 4.78 is 4.47. The highest BCUT2D eigenvalue weighted by Gasteiger charge is 2.06. The van der Waals surface area contributed by atoms with Gasteiger partial charge in [0.1, 0.15) is 11.4 Å². The summed E-state index contributed by atoms with van der Waals surface area (Å²) >= 11 is 3.58. The third-order valence-corrected chi connectivity index (χ3v) is 3.90. The number of para-hydroxylation sites is 1. The van der Waals surface area contributed by atoms with Crippen molar-refractivity contribution in [2.24, 2.45) is 0 Å². The first-order valence-corrected chi connectivity index (χ1v) is 6.72. The van der Waals surface area contributed by atoms with E-state index in [2.05, 4.69) is 43.3 Å². The van der Waals surface area contributed by atoms with Crippen LogP contribution in [0.15, 0.2) is 24.3 Å². The maximum absolute atomic E-state index is 4.05. The van der Waals surface area contributed by atoms with Crippen molar-refractivity contribution in [3.8, 4) is 0 Å². The topological polar surface area (TPSA) is 5.90 Å². The highest BCUT2D eigenvalue weighted by molar-refractivity contribution is 7.78. The SMILES string of the molecule is C=[n+]1/c(=C\C=[S+]CC)sc2ccccc21. The molecule has 1 aromatic heterocycles. The van der Waals surface area contributed by atoms with Crippen molar-refractivity contribution in [2.45, 2.75) is 6.92 Å². The second-order valence-corrected chi connectivity index (χ2v) is 5.34. The molecule has 76 valence electrons. The molecule has 0 aliphatic carbocycles. The summed E-state index contributed by atoms with van der Waals surface area (Å²) in [6, 6.07) is 8.34. The summed E-state index contributed by atoms with van der Waals surface area (Å²) in [5.74, 6) is 1.11. The lowest BCUT2D eigenvalue weighted by Gasteiger charge is -1.76. The van der Waals surface area contributed by atoms with Crippen molar-refractivity contribution in [1.29, 1.82) is 0 Å². The van der Waals surface area contributed by atoms with Gasteiger partial charge >= 0.3 is 0 Å². The van der Waals surface area contributed by atoms with Crippen LogP contribution in [0.3, 0.4) is 0 Å². The van der Waals surface area contributed by atoms with Crippen molar-refractivity contribution < 1.29 is 4.24 Å². The Kier molecular flexibility index (Phi) is 3.23. The van der Waals surface area contributed by atoms with Gasteiger partial charge in [-0.25, -0.2) is 0 Å². The van der Waals surface area contributed by atoms with Crippen LogP contribution in [0.4, 0.5) is 0 Å². The van der Waals surface area contributed by atoms with Crippen LogP contribution < -0.4 is 8.91 Å². The van der Waals surface area contributed by atoms with Crippen LogP contribution in [0.2, 0.25) is 0 Å². The van der Waals surface area contributed by atoms with Crippen LogP contribution >= 0.6 is 11.3 Å². The molecular weight excluding hydrogens is 222 g/mol. The number of hydrogen-bond donors (Lipinski definition) is 0. The first-order valence-electron chi connectivity index (χ1n) is 4.85. The number of thiazole rings is 1. The van der Waals surface area contributed by atoms with E-state index in [1.807, 2.05) is 10.3 Å². The molecule has 0 unspecified atom stereocenters. The number of rotatable bonds is 2. The van der Waals surface area contributed by atoms with E-state index in [-0.39, 0.29) is 0 Å². The van der Waals surface area contributed by atoms with Crippen molar-refractivity contribution >= 4 is 44.3 Å². The molecule has 0 amide bonds. The quantitative estimate of drug-likeness (QED) is 0.423. The van der Waals surface area contributed by atoms with Gasteiger partial charge in [0.15, 0.2) is 22.5 Å². The molecule has 2 aromatic rings. The fourth-order valence-electron chi connectivity index (χ4n) is 1.38. The minimum atomic E-state index is 1.11. The minimum absolute atomic E-state index is 1.11. The van der Waals surface area contributed by atoms with Crippen molar-refractivity contribution in [1.82, 2.24) is 0 Å². The predicted octanol–water partition coefficient (Wildman–Crippen LogP) is 1.51.